The van der Waals surface area contributed by atoms with E-state index >= 15 is 0 Å². The lowest BCUT2D eigenvalue weighted by atomic mass is 10.1. The minimum Gasteiger partial charge on any atom is -0.349 e. The number of amides is 3. The molecule has 6 heteroatoms. The highest BCUT2D eigenvalue weighted by molar-refractivity contribution is 7.10. The molecule has 0 radical (unpaired) electrons. The molecule has 23 heavy (non-hydrogen) atoms. The first-order valence-electron chi connectivity index (χ1n) is 7.36. The average Bonchev–Trinajstić information content (AvgIpc) is 3.15. The van der Waals surface area contributed by atoms with Crippen LogP contribution in [0.15, 0.2) is 41.8 Å². The number of imide groups is 1. The van der Waals surface area contributed by atoms with Crippen LogP contribution in [-0.2, 0) is 4.79 Å². The van der Waals surface area contributed by atoms with Crippen molar-refractivity contribution in [3.63, 3.8) is 0 Å². The third kappa shape index (κ3) is 3.03. The molecule has 0 spiro atoms. The van der Waals surface area contributed by atoms with E-state index in [9.17, 15) is 14.4 Å². The van der Waals surface area contributed by atoms with Crippen LogP contribution in [-0.4, -0.2) is 29.2 Å². The lowest BCUT2D eigenvalue weighted by molar-refractivity contribution is -0.121. The van der Waals surface area contributed by atoms with Crippen LogP contribution in [0.4, 0.5) is 0 Å². The van der Waals surface area contributed by atoms with E-state index in [0.717, 1.165) is 9.78 Å². The van der Waals surface area contributed by atoms with Gasteiger partial charge in [-0.2, -0.15) is 0 Å². The summed E-state index contributed by atoms with van der Waals surface area (Å²) in [6, 6.07) is 10.5. The van der Waals surface area contributed by atoms with Gasteiger partial charge >= 0.3 is 0 Å². The molecule has 1 aromatic carbocycles. The summed E-state index contributed by atoms with van der Waals surface area (Å²) in [5.74, 6) is -0.836. The number of nitrogens with one attached hydrogen (secondary N) is 1. The molecule has 0 unspecified atom stereocenters. The van der Waals surface area contributed by atoms with Gasteiger partial charge in [-0.25, -0.2) is 0 Å². The molecule has 1 atom stereocenters. The predicted octanol–water partition coefficient (Wildman–Crippen LogP) is 2.61. The molecule has 1 aromatic heterocycles. The lowest BCUT2D eigenvalue weighted by Gasteiger charge is -2.15. The summed E-state index contributed by atoms with van der Waals surface area (Å²) in [6.45, 7) is 2.00. The Morgan fingerprint density at radius 2 is 1.78 bits per heavy atom. The topological polar surface area (TPSA) is 66.5 Å². The highest BCUT2D eigenvalue weighted by Gasteiger charge is 2.34. The summed E-state index contributed by atoms with van der Waals surface area (Å²) >= 11 is 1.58. The normalized spacial score (nSPS) is 14.7. The fraction of sp³-hybridized carbons (Fsp3) is 0.235. The molecular formula is C17H16N2O3S. The molecule has 1 aliphatic rings. The van der Waals surface area contributed by atoms with Gasteiger partial charge in [0.1, 0.15) is 0 Å². The molecule has 3 amide bonds. The number of hydrogen-bond donors (Lipinski definition) is 1. The van der Waals surface area contributed by atoms with Crippen LogP contribution in [0.1, 0.15) is 45.0 Å². The molecule has 2 heterocycles. The number of rotatable bonds is 5. The van der Waals surface area contributed by atoms with Crippen molar-refractivity contribution >= 4 is 29.1 Å². The zero-order chi connectivity index (χ0) is 16.4. The first kappa shape index (κ1) is 15.4. The largest absolute Gasteiger partial charge is 0.349 e. The number of benzene rings is 1. The van der Waals surface area contributed by atoms with Gasteiger partial charge in [0.2, 0.25) is 5.91 Å². The highest BCUT2D eigenvalue weighted by Crippen LogP contribution is 2.22. The van der Waals surface area contributed by atoms with E-state index < -0.39 is 0 Å². The third-order valence-electron chi connectivity index (χ3n) is 3.79. The van der Waals surface area contributed by atoms with E-state index in [2.05, 4.69) is 5.32 Å². The van der Waals surface area contributed by atoms with Gasteiger partial charge in [-0.3, -0.25) is 19.3 Å². The smallest absolute Gasteiger partial charge is 0.261 e. The zero-order valence-electron chi connectivity index (χ0n) is 12.6. The second-order valence-corrected chi connectivity index (χ2v) is 6.34. The second kappa shape index (κ2) is 6.34. The molecule has 0 aliphatic carbocycles. The molecule has 1 N–H and O–H groups in total. The second-order valence-electron chi connectivity index (χ2n) is 5.36. The minimum atomic E-state index is -0.329. The third-order valence-corrected chi connectivity index (χ3v) is 4.84. The zero-order valence-corrected chi connectivity index (χ0v) is 13.4. The van der Waals surface area contributed by atoms with Gasteiger partial charge in [0.05, 0.1) is 17.2 Å². The van der Waals surface area contributed by atoms with E-state index in [0.29, 0.717) is 11.1 Å². The van der Waals surface area contributed by atoms with Crippen LogP contribution < -0.4 is 5.32 Å². The highest BCUT2D eigenvalue weighted by atomic mass is 32.1. The van der Waals surface area contributed by atoms with Crippen molar-refractivity contribution < 1.29 is 14.4 Å². The van der Waals surface area contributed by atoms with Crippen LogP contribution in [0, 0.1) is 0 Å². The number of carbonyl (C=O) groups is 3. The van der Waals surface area contributed by atoms with E-state index in [1.165, 1.54) is 0 Å². The summed E-state index contributed by atoms with van der Waals surface area (Å²) in [5.41, 5.74) is 0.815. The Morgan fingerprint density at radius 3 is 2.35 bits per heavy atom. The quantitative estimate of drug-likeness (QED) is 0.858. The van der Waals surface area contributed by atoms with Gasteiger partial charge in [0, 0.05) is 17.8 Å². The SMILES string of the molecule is C[C@H](NC(=O)CCN1C(=O)c2ccccc2C1=O)c1cccs1. The fourth-order valence-corrected chi connectivity index (χ4v) is 3.31. The maximum atomic E-state index is 12.2. The van der Waals surface area contributed by atoms with Crippen LogP contribution in [0.3, 0.4) is 0 Å². The molecule has 118 valence electrons. The molecule has 5 nitrogen and oxygen atoms in total. The predicted molar refractivity (Wildman–Crippen MR) is 87.3 cm³/mol. The minimum absolute atomic E-state index is 0.0790. The standard InChI is InChI=1S/C17H16N2O3S/c1-11(14-7-4-10-23-14)18-15(20)8-9-19-16(21)12-5-2-3-6-13(12)17(19)22/h2-7,10-11H,8-9H2,1H3,(H,18,20)/t11-/m0/s1. The Labute approximate surface area is 137 Å². The van der Waals surface area contributed by atoms with Gasteiger partial charge in [-0.05, 0) is 30.5 Å². The van der Waals surface area contributed by atoms with E-state index in [1.807, 2.05) is 24.4 Å². The van der Waals surface area contributed by atoms with Crippen molar-refractivity contribution in [3.8, 4) is 0 Å². The van der Waals surface area contributed by atoms with Crippen molar-refractivity contribution in [2.24, 2.45) is 0 Å². The molecule has 1 aliphatic heterocycles. The van der Waals surface area contributed by atoms with E-state index in [1.54, 1.807) is 35.6 Å². The van der Waals surface area contributed by atoms with Gasteiger partial charge in [-0.15, -0.1) is 11.3 Å². The molecule has 0 saturated carbocycles. The number of nitrogens with zero attached hydrogens (tertiary/aromatic N) is 1. The Kier molecular flexibility index (Phi) is 4.25. The van der Waals surface area contributed by atoms with Crippen LogP contribution in [0.25, 0.3) is 0 Å². The van der Waals surface area contributed by atoms with Gasteiger partial charge in [0.25, 0.3) is 11.8 Å². The Hall–Kier alpha value is -2.47. The average molecular weight is 328 g/mol. The van der Waals surface area contributed by atoms with Gasteiger partial charge in [0.15, 0.2) is 0 Å². The van der Waals surface area contributed by atoms with Crippen molar-refractivity contribution in [1.82, 2.24) is 10.2 Å². The van der Waals surface area contributed by atoms with Gasteiger partial charge in [-0.1, -0.05) is 18.2 Å². The van der Waals surface area contributed by atoms with Crippen LogP contribution >= 0.6 is 11.3 Å². The summed E-state index contributed by atoms with van der Waals surface area (Å²) in [4.78, 5) is 38.7. The maximum absolute atomic E-state index is 12.2. The van der Waals surface area contributed by atoms with Crippen molar-refractivity contribution in [2.75, 3.05) is 6.54 Å². The van der Waals surface area contributed by atoms with Crippen LogP contribution in [0.2, 0.25) is 0 Å². The molecule has 3 rings (SSSR count). The summed E-state index contributed by atoms with van der Waals surface area (Å²) in [5, 5.41) is 4.83. The number of fused-ring (bicyclic) bond motifs is 1. The number of carbonyl (C=O) groups excluding carboxylic acids is 3. The Bertz CT molecular complexity index is 720. The Morgan fingerprint density at radius 1 is 1.13 bits per heavy atom. The molecule has 0 bridgehead atoms. The Balaban J connectivity index is 1.58. The fourth-order valence-electron chi connectivity index (χ4n) is 2.58. The molecule has 0 fully saturated rings. The van der Waals surface area contributed by atoms with Crippen molar-refractivity contribution in [3.05, 3.63) is 57.8 Å². The first-order valence-corrected chi connectivity index (χ1v) is 8.24. The molecule has 0 saturated heterocycles. The van der Waals surface area contributed by atoms with Gasteiger partial charge < -0.3 is 5.32 Å². The lowest BCUT2D eigenvalue weighted by Crippen LogP contribution is -2.35. The molecular weight excluding hydrogens is 312 g/mol. The van der Waals surface area contributed by atoms with Crippen molar-refractivity contribution in [1.29, 1.82) is 0 Å². The van der Waals surface area contributed by atoms with Crippen LogP contribution in [0.5, 0.6) is 0 Å². The number of hydrogen-bond acceptors (Lipinski definition) is 4. The number of thiophene rings is 1. The van der Waals surface area contributed by atoms with E-state index in [-0.39, 0.29) is 36.7 Å². The monoisotopic (exact) mass is 328 g/mol. The summed E-state index contributed by atoms with van der Waals surface area (Å²) < 4.78 is 0. The van der Waals surface area contributed by atoms with E-state index in [4.69, 9.17) is 0 Å². The molecule has 2 aromatic rings. The first-order chi connectivity index (χ1) is 11.1. The summed E-state index contributed by atoms with van der Waals surface area (Å²) in [6.07, 6.45) is 0.0984. The van der Waals surface area contributed by atoms with Crippen molar-refractivity contribution in [2.45, 2.75) is 19.4 Å². The summed E-state index contributed by atoms with van der Waals surface area (Å²) in [7, 11) is 0. The maximum Gasteiger partial charge on any atom is 0.261 e.